The number of carbonyl (C=O) groups is 1. The number of aryl methyl sites for hydroxylation is 2. The van der Waals surface area contributed by atoms with Gasteiger partial charge in [-0.15, -0.1) is 0 Å². The molecule has 6 heteroatoms. The molecule has 0 atom stereocenters. The van der Waals surface area contributed by atoms with E-state index in [1.807, 2.05) is 31.2 Å². The lowest BCUT2D eigenvalue weighted by molar-refractivity contribution is -0.116. The standard InChI is InChI=1S/C19H23N3O2S/c1-13-6-4-7-14(12-13)20-17(23)10-5-11-25-19-21-16-9-3-2-8-15(16)18(24)22-19/h4,6-7,12H,2-3,5,8-11H2,1H3,(H,20,23)(H,21,22,24). The summed E-state index contributed by atoms with van der Waals surface area (Å²) in [7, 11) is 0. The summed E-state index contributed by atoms with van der Waals surface area (Å²) < 4.78 is 0. The van der Waals surface area contributed by atoms with E-state index in [1.54, 1.807) is 0 Å². The first-order valence-electron chi connectivity index (χ1n) is 8.73. The van der Waals surface area contributed by atoms with Crippen molar-refractivity contribution in [3.8, 4) is 0 Å². The highest BCUT2D eigenvalue weighted by Gasteiger charge is 2.15. The molecule has 1 aromatic carbocycles. The lowest BCUT2D eigenvalue weighted by atomic mass is 9.97. The van der Waals surface area contributed by atoms with E-state index in [9.17, 15) is 9.59 Å². The van der Waals surface area contributed by atoms with Crippen LogP contribution in [0.25, 0.3) is 0 Å². The minimum atomic E-state index is 0.00407. The van der Waals surface area contributed by atoms with Crippen LogP contribution in [-0.4, -0.2) is 21.6 Å². The third-order valence-corrected chi connectivity index (χ3v) is 5.22. The Labute approximate surface area is 151 Å². The fraction of sp³-hybridized carbons (Fsp3) is 0.421. The van der Waals surface area contributed by atoms with Crippen molar-refractivity contribution in [3.05, 3.63) is 51.4 Å². The molecule has 5 nitrogen and oxygen atoms in total. The predicted octanol–water partition coefficient (Wildman–Crippen LogP) is 3.47. The molecule has 0 fully saturated rings. The monoisotopic (exact) mass is 357 g/mol. The second-order valence-corrected chi connectivity index (χ2v) is 7.46. The molecule has 0 spiro atoms. The molecular weight excluding hydrogens is 334 g/mol. The van der Waals surface area contributed by atoms with Gasteiger partial charge in [0.15, 0.2) is 5.16 Å². The molecule has 0 aliphatic heterocycles. The average molecular weight is 357 g/mol. The van der Waals surface area contributed by atoms with Crippen LogP contribution < -0.4 is 10.9 Å². The number of anilines is 1. The zero-order valence-corrected chi connectivity index (χ0v) is 15.2. The van der Waals surface area contributed by atoms with Crippen LogP contribution in [0.3, 0.4) is 0 Å². The first-order chi connectivity index (χ1) is 12.1. The van der Waals surface area contributed by atoms with Crippen molar-refractivity contribution in [2.75, 3.05) is 11.1 Å². The van der Waals surface area contributed by atoms with Gasteiger partial charge in [-0.1, -0.05) is 23.9 Å². The van der Waals surface area contributed by atoms with E-state index in [4.69, 9.17) is 0 Å². The quantitative estimate of drug-likeness (QED) is 0.472. The van der Waals surface area contributed by atoms with Crippen molar-refractivity contribution < 1.29 is 4.79 Å². The largest absolute Gasteiger partial charge is 0.326 e. The third-order valence-electron chi connectivity index (χ3n) is 4.26. The number of rotatable bonds is 6. The molecule has 25 heavy (non-hydrogen) atoms. The van der Waals surface area contributed by atoms with Crippen molar-refractivity contribution in [3.63, 3.8) is 0 Å². The highest BCUT2D eigenvalue weighted by Crippen LogP contribution is 2.20. The van der Waals surface area contributed by atoms with Gasteiger partial charge < -0.3 is 10.3 Å². The van der Waals surface area contributed by atoms with E-state index in [-0.39, 0.29) is 11.5 Å². The highest BCUT2D eigenvalue weighted by molar-refractivity contribution is 7.99. The van der Waals surface area contributed by atoms with Crippen LogP contribution in [0.4, 0.5) is 5.69 Å². The summed E-state index contributed by atoms with van der Waals surface area (Å²) in [6.45, 7) is 2.00. The summed E-state index contributed by atoms with van der Waals surface area (Å²) >= 11 is 1.51. The maximum Gasteiger partial charge on any atom is 0.254 e. The van der Waals surface area contributed by atoms with Crippen LogP contribution in [0.2, 0.25) is 0 Å². The Balaban J connectivity index is 1.46. The summed E-state index contributed by atoms with van der Waals surface area (Å²) in [5, 5.41) is 3.58. The van der Waals surface area contributed by atoms with E-state index < -0.39 is 0 Å². The summed E-state index contributed by atoms with van der Waals surface area (Å²) in [5.74, 6) is 0.765. The maximum absolute atomic E-state index is 12.1. The van der Waals surface area contributed by atoms with Gasteiger partial charge >= 0.3 is 0 Å². The SMILES string of the molecule is Cc1cccc(NC(=O)CCCSc2nc3c(c(=O)[nH]2)CCCC3)c1. The molecule has 0 bridgehead atoms. The zero-order valence-electron chi connectivity index (χ0n) is 14.4. The minimum absolute atomic E-state index is 0.00407. The van der Waals surface area contributed by atoms with Crippen molar-refractivity contribution in [2.45, 2.75) is 50.6 Å². The Morgan fingerprint density at radius 3 is 3.00 bits per heavy atom. The Morgan fingerprint density at radius 2 is 2.16 bits per heavy atom. The van der Waals surface area contributed by atoms with Gasteiger partial charge in [-0.3, -0.25) is 9.59 Å². The summed E-state index contributed by atoms with van der Waals surface area (Å²) in [6, 6.07) is 7.77. The van der Waals surface area contributed by atoms with E-state index in [2.05, 4.69) is 15.3 Å². The van der Waals surface area contributed by atoms with Crippen LogP contribution >= 0.6 is 11.8 Å². The summed E-state index contributed by atoms with van der Waals surface area (Å²) in [6.07, 6.45) is 5.10. The number of benzene rings is 1. The number of nitrogens with one attached hydrogen (secondary N) is 2. The zero-order chi connectivity index (χ0) is 17.6. The molecule has 0 radical (unpaired) electrons. The van der Waals surface area contributed by atoms with Crippen LogP contribution in [0.5, 0.6) is 0 Å². The van der Waals surface area contributed by atoms with Gasteiger partial charge in [0.2, 0.25) is 5.91 Å². The fourth-order valence-corrected chi connectivity index (χ4v) is 3.82. The Hall–Kier alpha value is -2.08. The topological polar surface area (TPSA) is 74.8 Å². The van der Waals surface area contributed by atoms with Gasteiger partial charge in [0, 0.05) is 23.4 Å². The molecule has 1 heterocycles. The Morgan fingerprint density at radius 1 is 1.32 bits per heavy atom. The second-order valence-electron chi connectivity index (χ2n) is 6.37. The molecule has 1 amide bonds. The number of hydrogen-bond acceptors (Lipinski definition) is 4. The van der Waals surface area contributed by atoms with Gasteiger partial charge in [-0.2, -0.15) is 0 Å². The third kappa shape index (κ3) is 4.95. The van der Waals surface area contributed by atoms with Gasteiger partial charge in [0.1, 0.15) is 0 Å². The Kier molecular flexibility index (Phi) is 5.91. The minimum Gasteiger partial charge on any atom is -0.326 e. The number of carbonyl (C=O) groups excluding carboxylic acids is 1. The summed E-state index contributed by atoms with van der Waals surface area (Å²) in [5.41, 5.74) is 3.77. The van der Waals surface area contributed by atoms with Crippen molar-refractivity contribution in [1.82, 2.24) is 9.97 Å². The Bertz CT molecular complexity index is 817. The molecule has 1 aromatic heterocycles. The molecule has 0 saturated heterocycles. The second kappa shape index (κ2) is 8.34. The van der Waals surface area contributed by atoms with Crippen LogP contribution in [0, 0.1) is 6.92 Å². The van der Waals surface area contributed by atoms with E-state index in [0.29, 0.717) is 11.6 Å². The number of fused-ring (bicyclic) bond motifs is 1. The fourth-order valence-electron chi connectivity index (χ4n) is 3.00. The number of thioether (sulfide) groups is 1. The van der Waals surface area contributed by atoms with Crippen LogP contribution in [-0.2, 0) is 17.6 Å². The molecule has 1 aliphatic rings. The maximum atomic E-state index is 12.1. The van der Waals surface area contributed by atoms with E-state index in [1.165, 1.54) is 11.8 Å². The first-order valence-corrected chi connectivity index (χ1v) is 9.72. The molecule has 132 valence electrons. The van der Waals surface area contributed by atoms with Crippen molar-refractivity contribution in [2.24, 2.45) is 0 Å². The molecular formula is C19H23N3O2S. The van der Waals surface area contributed by atoms with Crippen LogP contribution in [0.15, 0.2) is 34.2 Å². The normalized spacial score (nSPS) is 13.3. The van der Waals surface area contributed by atoms with Crippen LogP contribution in [0.1, 0.15) is 42.5 Å². The molecule has 0 unspecified atom stereocenters. The van der Waals surface area contributed by atoms with Crippen molar-refractivity contribution in [1.29, 1.82) is 0 Å². The van der Waals surface area contributed by atoms with E-state index in [0.717, 1.165) is 60.4 Å². The first kappa shape index (κ1) is 17.7. The molecule has 1 aliphatic carbocycles. The van der Waals surface area contributed by atoms with Gasteiger partial charge in [0.25, 0.3) is 5.56 Å². The summed E-state index contributed by atoms with van der Waals surface area (Å²) in [4.78, 5) is 31.5. The molecule has 2 aromatic rings. The number of hydrogen-bond donors (Lipinski definition) is 2. The number of aromatic amines is 1. The number of aromatic nitrogens is 2. The van der Waals surface area contributed by atoms with E-state index >= 15 is 0 Å². The molecule has 0 saturated carbocycles. The van der Waals surface area contributed by atoms with Gasteiger partial charge in [-0.05, 0) is 56.7 Å². The van der Waals surface area contributed by atoms with Crippen molar-refractivity contribution >= 4 is 23.4 Å². The lowest BCUT2D eigenvalue weighted by Gasteiger charge is -2.14. The predicted molar refractivity (Wildman–Crippen MR) is 101 cm³/mol. The number of amides is 1. The van der Waals surface area contributed by atoms with Gasteiger partial charge in [0.05, 0.1) is 5.69 Å². The lowest BCUT2D eigenvalue weighted by Crippen LogP contribution is -2.21. The molecule has 2 N–H and O–H groups in total. The average Bonchev–Trinajstić information content (AvgIpc) is 2.59. The van der Waals surface area contributed by atoms with Gasteiger partial charge in [-0.25, -0.2) is 4.98 Å². The highest BCUT2D eigenvalue weighted by atomic mass is 32.2. The molecule has 3 rings (SSSR count). The smallest absolute Gasteiger partial charge is 0.254 e. The number of nitrogens with zero attached hydrogens (tertiary/aromatic N) is 1. The number of H-pyrrole nitrogens is 1.